The van der Waals surface area contributed by atoms with Crippen LogP contribution in [0, 0.1) is 3.57 Å². The highest BCUT2D eigenvalue weighted by molar-refractivity contribution is 14.1. The third-order valence-electron chi connectivity index (χ3n) is 2.30. The second kappa shape index (κ2) is 4.73. The highest BCUT2D eigenvalue weighted by atomic mass is 127. The molecule has 1 heterocycles. The summed E-state index contributed by atoms with van der Waals surface area (Å²) in [6.07, 6.45) is 3.49. The number of hydrogen-bond acceptors (Lipinski definition) is 2. The lowest BCUT2D eigenvalue weighted by Gasteiger charge is -2.12. The van der Waals surface area contributed by atoms with E-state index in [2.05, 4.69) is 27.6 Å². The Morgan fingerprint density at radius 1 is 1.50 bits per heavy atom. The van der Waals surface area contributed by atoms with Gasteiger partial charge in [0.2, 0.25) is 0 Å². The summed E-state index contributed by atoms with van der Waals surface area (Å²) >= 11 is 8.43. The summed E-state index contributed by atoms with van der Waals surface area (Å²) in [7, 11) is 0. The van der Waals surface area contributed by atoms with Crippen molar-refractivity contribution in [1.29, 1.82) is 0 Å². The maximum atomic E-state index is 6.20. The van der Waals surface area contributed by atoms with E-state index in [0.29, 0.717) is 5.02 Å². The smallest absolute Gasteiger partial charge is 0.0995 e. The minimum absolute atomic E-state index is 0.0714. The summed E-state index contributed by atoms with van der Waals surface area (Å²) in [6.45, 7) is 1.92. The van der Waals surface area contributed by atoms with Crippen molar-refractivity contribution in [2.24, 2.45) is 5.73 Å². The second-order valence-electron chi connectivity index (χ2n) is 3.57. The van der Waals surface area contributed by atoms with E-state index >= 15 is 0 Å². The lowest BCUT2D eigenvalue weighted by atomic mass is 10.2. The Labute approximate surface area is 113 Å². The molecule has 0 bridgehead atoms. The molecule has 0 saturated heterocycles. The standard InChI is InChI=1S/C11H11ClIN3/c1-7(14)11-5-15-6-16(11)10-3-2-8(13)4-9(10)12/h2-7H,14H2,1H3/t7-/m0/s1. The lowest BCUT2D eigenvalue weighted by molar-refractivity contribution is 0.752. The molecule has 0 aliphatic heterocycles. The Kier molecular flexibility index (Phi) is 3.51. The number of nitrogens with zero attached hydrogens (tertiary/aromatic N) is 2. The number of aromatic nitrogens is 2. The van der Waals surface area contributed by atoms with Crippen molar-refractivity contribution in [3.63, 3.8) is 0 Å². The number of hydrogen-bond donors (Lipinski definition) is 1. The van der Waals surface area contributed by atoms with Crippen molar-refractivity contribution >= 4 is 34.2 Å². The van der Waals surface area contributed by atoms with Gasteiger partial charge in [0.25, 0.3) is 0 Å². The van der Waals surface area contributed by atoms with Crippen molar-refractivity contribution in [2.45, 2.75) is 13.0 Å². The van der Waals surface area contributed by atoms with E-state index in [4.69, 9.17) is 17.3 Å². The molecule has 84 valence electrons. The third-order valence-corrected chi connectivity index (χ3v) is 3.28. The zero-order valence-corrected chi connectivity index (χ0v) is 11.6. The van der Waals surface area contributed by atoms with E-state index in [1.54, 1.807) is 12.5 Å². The molecule has 0 unspecified atom stereocenters. The van der Waals surface area contributed by atoms with Crippen LogP contribution in [-0.2, 0) is 0 Å². The van der Waals surface area contributed by atoms with Crippen molar-refractivity contribution in [2.75, 3.05) is 0 Å². The molecule has 2 rings (SSSR count). The van der Waals surface area contributed by atoms with Crippen LogP contribution in [0.1, 0.15) is 18.7 Å². The van der Waals surface area contributed by atoms with Gasteiger partial charge in [-0.25, -0.2) is 4.98 Å². The summed E-state index contributed by atoms with van der Waals surface area (Å²) in [4.78, 5) is 4.11. The van der Waals surface area contributed by atoms with Crippen LogP contribution in [0.3, 0.4) is 0 Å². The Morgan fingerprint density at radius 3 is 2.88 bits per heavy atom. The molecule has 1 aromatic carbocycles. The second-order valence-corrected chi connectivity index (χ2v) is 5.23. The molecule has 0 fully saturated rings. The van der Waals surface area contributed by atoms with E-state index in [0.717, 1.165) is 15.0 Å². The Hall–Kier alpha value is -0.590. The van der Waals surface area contributed by atoms with Crippen LogP contribution in [0.2, 0.25) is 5.02 Å². The summed E-state index contributed by atoms with van der Waals surface area (Å²) < 4.78 is 3.03. The first-order chi connectivity index (χ1) is 7.59. The van der Waals surface area contributed by atoms with Crippen LogP contribution in [0.5, 0.6) is 0 Å². The molecule has 3 nitrogen and oxygen atoms in total. The largest absolute Gasteiger partial charge is 0.323 e. The molecule has 16 heavy (non-hydrogen) atoms. The molecule has 1 atom stereocenters. The number of nitrogens with two attached hydrogens (primary N) is 1. The van der Waals surface area contributed by atoms with E-state index in [1.807, 2.05) is 29.7 Å². The van der Waals surface area contributed by atoms with Gasteiger partial charge in [-0.1, -0.05) is 11.6 Å². The van der Waals surface area contributed by atoms with Gasteiger partial charge in [0, 0.05) is 9.61 Å². The number of benzene rings is 1. The van der Waals surface area contributed by atoms with Crippen LogP contribution in [0.15, 0.2) is 30.7 Å². The maximum Gasteiger partial charge on any atom is 0.0995 e. The Bertz CT molecular complexity index is 508. The quantitative estimate of drug-likeness (QED) is 0.848. The summed E-state index contributed by atoms with van der Waals surface area (Å²) in [6, 6.07) is 5.82. The highest BCUT2D eigenvalue weighted by Crippen LogP contribution is 2.25. The van der Waals surface area contributed by atoms with Gasteiger partial charge < -0.3 is 10.3 Å². The van der Waals surface area contributed by atoms with Gasteiger partial charge in [-0.05, 0) is 47.7 Å². The molecule has 2 N–H and O–H groups in total. The van der Waals surface area contributed by atoms with Gasteiger partial charge in [-0.2, -0.15) is 0 Å². The minimum atomic E-state index is -0.0714. The normalized spacial score (nSPS) is 12.8. The molecule has 0 radical (unpaired) electrons. The average Bonchev–Trinajstić information content (AvgIpc) is 2.66. The average molecular weight is 348 g/mol. The molecule has 1 aromatic heterocycles. The van der Waals surface area contributed by atoms with Crippen LogP contribution in [0.25, 0.3) is 5.69 Å². The Balaban J connectivity index is 2.54. The molecule has 0 aliphatic carbocycles. The number of rotatable bonds is 2. The van der Waals surface area contributed by atoms with Gasteiger partial charge in [-0.3, -0.25) is 0 Å². The molecule has 0 aliphatic rings. The van der Waals surface area contributed by atoms with Crippen molar-refractivity contribution < 1.29 is 0 Å². The van der Waals surface area contributed by atoms with Crippen molar-refractivity contribution in [1.82, 2.24) is 9.55 Å². The zero-order valence-electron chi connectivity index (χ0n) is 8.69. The van der Waals surface area contributed by atoms with Crippen molar-refractivity contribution in [3.8, 4) is 5.69 Å². The van der Waals surface area contributed by atoms with Crippen LogP contribution in [-0.4, -0.2) is 9.55 Å². The molecular weight excluding hydrogens is 336 g/mol. The van der Waals surface area contributed by atoms with E-state index in [9.17, 15) is 0 Å². The lowest BCUT2D eigenvalue weighted by Crippen LogP contribution is -2.10. The van der Waals surface area contributed by atoms with Crippen LogP contribution < -0.4 is 5.73 Å². The topological polar surface area (TPSA) is 43.8 Å². The Morgan fingerprint density at radius 2 is 2.25 bits per heavy atom. The van der Waals surface area contributed by atoms with Crippen molar-refractivity contribution in [3.05, 3.63) is 45.0 Å². The van der Waals surface area contributed by atoms with E-state index in [-0.39, 0.29) is 6.04 Å². The van der Waals surface area contributed by atoms with Gasteiger partial charge in [0.05, 0.1) is 28.9 Å². The minimum Gasteiger partial charge on any atom is -0.323 e. The monoisotopic (exact) mass is 347 g/mol. The highest BCUT2D eigenvalue weighted by Gasteiger charge is 2.10. The van der Waals surface area contributed by atoms with Gasteiger partial charge in [-0.15, -0.1) is 0 Å². The third kappa shape index (κ3) is 2.23. The molecule has 2 aromatic rings. The van der Waals surface area contributed by atoms with Gasteiger partial charge in [0.1, 0.15) is 0 Å². The number of halogens is 2. The van der Waals surface area contributed by atoms with Crippen LogP contribution in [0.4, 0.5) is 0 Å². The molecule has 5 heteroatoms. The fourth-order valence-corrected chi connectivity index (χ4v) is 2.47. The predicted octanol–water partition coefficient (Wildman–Crippen LogP) is 3.15. The van der Waals surface area contributed by atoms with Gasteiger partial charge >= 0.3 is 0 Å². The molecule has 0 saturated carbocycles. The molecular formula is C11H11ClIN3. The van der Waals surface area contributed by atoms with Gasteiger partial charge in [0.15, 0.2) is 0 Å². The van der Waals surface area contributed by atoms with Crippen LogP contribution >= 0.6 is 34.2 Å². The number of imidazole rings is 1. The predicted molar refractivity (Wildman–Crippen MR) is 73.9 cm³/mol. The first-order valence-electron chi connectivity index (χ1n) is 4.83. The fraction of sp³-hybridized carbons (Fsp3) is 0.182. The molecule has 0 amide bonds. The summed E-state index contributed by atoms with van der Waals surface area (Å²) in [5, 5.41) is 0.701. The first-order valence-corrected chi connectivity index (χ1v) is 6.28. The molecule has 0 spiro atoms. The summed E-state index contributed by atoms with van der Waals surface area (Å²) in [5.41, 5.74) is 7.73. The summed E-state index contributed by atoms with van der Waals surface area (Å²) in [5.74, 6) is 0. The fourth-order valence-electron chi connectivity index (χ4n) is 1.52. The maximum absolute atomic E-state index is 6.20. The SMILES string of the molecule is C[C@H](N)c1cncn1-c1ccc(I)cc1Cl. The van der Waals surface area contributed by atoms with E-state index < -0.39 is 0 Å². The first kappa shape index (κ1) is 11.9. The zero-order chi connectivity index (χ0) is 11.7. The van der Waals surface area contributed by atoms with E-state index in [1.165, 1.54) is 0 Å².